The van der Waals surface area contributed by atoms with Gasteiger partial charge >= 0.3 is 0 Å². The molecule has 0 aromatic heterocycles. The third-order valence-corrected chi connectivity index (χ3v) is 2.88. The predicted octanol–water partition coefficient (Wildman–Crippen LogP) is 2.95. The smallest absolute Gasteiger partial charge is 0.149 e. The maximum Gasteiger partial charge on any atom is 0.149 e. The average molecular weight is 284 g/mol. The van der Waals surface area contributed by atoms with Crippen LogP contribution in [0.3, 0.4) is 0 Å². The highest BCUT2D eigenvalue weighted by atomic mass is 79.9. The summed E-state index contributed by atoms with van der Waals surface area (Å²) in [7, 11) is 0. The Morgan fingerprint density at radius 1 is 1.31 bits per heavy atom. The Hall–Kier alpha value is -1.13. The highest BCUT2D eigenvalue weighted by Gasteiger charge is 2.14. The van der Waals surface area contributed by atoms with Crippen LogP contribution in [-0.4, -0.2) is 16.2 Å². The van der Waals surface area contributed by atoms with Crippen molar-refractivity contribution in [3.05, 3.63) is 58.5 Å². The van der Waals surface area contributed by atoms with E-state index in [4.69, 9.17) is 0 Å². The lowest BCUT2D eigenvalue weighted by atomic mass is 10.2. The number of benzene rings is 1. The van der Waals surface area contributed by atoms with Gasteiger partial charge in [0.15, 0.2) is 0 Å². The van der Waals surface area contributed by atoms with Crippen molar-refractivity contribution in [1.82, 2.24) is 4.90 Å². The van der Waals surface area contributed by atoms with Crippen LogP contribution in [0.1, 0.15) is 5.56 Å². The third kappa shape index (κ3) is 2.71. The molecule has 1 aliphatic rings. The van der Waals surface area contributed by atoms with Crippen molar-refractivity contribution in [2.75, 3.05) is 0 Å². The van der Waals surface area contributed by atoms with E-state index in [0.717, 1.165) is 10.0 Å². The number of hydrogen-bond acceptors (Lipinski definition) is 2. The van der Waals surface area contributed by atoms with E-state index in [9.17, 15) is 9.50 Å². The highest BCUT2D eigenvalue weighted by molar-refractivity contribution is 9.10. The molecule has 0 fully saturated rings. The normalized spacial score (nSPS) is 19.8. The molecular weight excluding hydrogens is 273 g/mol. The SMILES string of the molecule is OC1C=C(F)C=CN1Cc1ccc(Br)cc1. The van der Waals surface area contributed by atoms with E-state index in [1.54, 1.807) is 11.1 Å². The molecule has 4 heteroatoms. The zero-order valence-corrected chi connectivity index (χ0v) is 10.1. The summed E-state index contributed by atoms with van der Waals surface area (Å²) in [6.07, 6.45) is 3.18. The van der Waals surface area contributed by atoms with Crippen molar-refractivity contribution in [2.45, 2.75) is 12.8 Å². The summed E-state index contributed by atoms with van der Waals surface area (Å²) in [5.41, 5.74) is 1.06. The predicted molar refractivity (Wildman–Crippen MR) is 64.0 cm³/mol. The fourth-order valence-electron chi connectivity index (χ4n) is 1.50. The van der Waals surface area contributed by atoms with Gasteiger partial charge in [-0.3, -0.25) is 0 Å². The van der Waals surface area contributed by atoms with Gasteiger partial charge in [0.2, 0.25) is 0 Å². The van der Waals surface area contributed by atoms with Gasteiger partial charge in [-0.05, 0) is 23.8 Å². The van der Waals surface area contributed by atoms with Crippen molar-refractivity contribution in [2.24, 2.45) is 0 Å². The molecule has 1 atom stereocenters. The minimum absolute atomic E-state index is 0.403. The molecule has 0 aliphatic carbocycles. The van der Waals surface area contributed by atoms with Crippen molar-refractivity contribution in [3.63, 3.8) is 0 Å². The fourth-order valence-corrected chi connectivity index (χ4v) is 1.76. The molecule has 0 amide bonds. The van der Waals surface area contributed by atoms with Crippen LogP contribution in [-0.2, 0) is 6.54 Å². The zero-order chi connectivity index (χ0) is 11.5. The van der Waals surface area contributed by atoms with Crippen LogP contribution in [0.4, 0.5) is 4.39 Å². The molecule has 0 saturated heterocycles. The number of allylic oxidation sites excluding steroid dienone is 2. The van der Waals surface area contributed by atoms with Crippen molar-refractivity contribution in [3.8, 4) is 0 Å². The number of rotatable bonds is 2. The lowest BCUT2D eigenvalue weighted by molar-refractivity contribution is 0.0696. The lowest BCUT2D eigenvalue weighted by Gasteiger charge is -2.26. The number of aliphatic hydroxyl groups excluding tert-OH is 1. The summed E-state index contributed by atoms with van der Waals surface area (Å²) in [4.78, 5) is 1.66. The molecule has 16 heavy (non-hydrogen) atoms. The minimum atomic E-state index is -0.895. The Kier molecular flexibility index (Phi) is 3.41. The molecule has 0 bridgehead atoms. The van der Waals surface area contributed by atoms with Crippen LogP contribution in [0, 0.1) is 0 Å². The highest BCUT2D eigenvalue weighted by Crippen LogP contribution is 2.17. The van der Waals surface area contributed by atoms with E-state index >= 15 is 0 Å². The maximum absolute atomic E-state index is 12.8. The molecule has 1 aromatic rings. The minimum Gasteiger partial charge on any atom is -0.370 e. The molecule has 1 heterocycles. The zero-order valence-electron chi connectivity index (χ0n) is 8.48. The monoisotopic (exact) mass is 283 g/mol. The van der Waals surface area contributed by atoms with Gasteiger partial charge in [-0.25, -0.2) is 4.39 Å². The van der Waals surface area contributed by atoms with Gasteiger partial charge in [-0.1, -0.05) is 28.1 Å². The molecule has 2 nitrogen and oxygen atoms in total. The Morgan fingerprint density at radius 3 is 2.62 bits per heavy atom. The second kappa shape index (κ2) is 4.80. The van der Waals surface area contributed by atoms with E-state index < -0.39 is 12.1 Å². The number of nitrogens with zero attached hydrogens (tertiary/aromatic N) is 1. The van der Waals surface area contributed by atoms with Crippen LogP contribution in [0.15, 0.2) is 52.9 Å². The summed E-state index contributed by atoms with van der Waals surface area (Å²) in [5, 5.41) is 9.60. The van der Waals surface area contributed by atoms with Gasteiger partial charge in [0.25, 0.3) is 0 Å². The Morgan fingerprint density at radius 2 is 2.00 bits per heavy atom. The molecule has 1 aliphatic heterocycles. The third-order valence-electron chi connectivity index (χ3n) is 2.35. The number of aliphatic hydroxyl groups is 1. The molecule has 0 saturated carbocycles. The first-order valence-electron chi connectivity index (χ1n) is 4.89. The molecular formula is C12H11BrFNO. The Balaban J connectivity index is 2.06. The van der Waals surface area contributed by atoms with E-state index in [-0.39, 0.29) is 0 Å². The quantitative estimate of drug-likeness (QED) is 0.902. The van der Waals surface area contributed by atoms with Crippen LogP contribution < -0.4 is 0 Å². The van der Waals surface area contributed by atoms with E-state index in [1.165, 1.54) is 12.2 Å². The van der Waals surface area contributed by atoms with Crippen molar-refractivity contribution < 1.29 is 9.50 Å². The van der Waals surface area contributed by atoms with E-state index in [2.05, 4.69) is 15.9 Å². The summed E-state index contributed by atoms with van der Waals surface area (Å²) in [6, 6.07) is 7.79. The first kappa shape index (κ1) is 11.4. The van der Waals surface area contributed by atoms with Crippen LogP contribution >= 0.6 is 15.9 Å². The number of hydrogen-bond donors (Lipinski definition) is 1. The van der Waals surface area contributed by atoms with Gasteiger partial charge in [0.1, 0.15) is 12.1 Å². The Labute approximate surface area is 102 Å². The molecule has 0 radical (unpaired) electrons. The molecule has 84 valence electrons. The van der Waals surface area contributed by atoms with Gasteiger partial charge in [0.05, 0.1) is 0 Å². The van der Waals surface area contributed by atoms with Crippen molar-refractivity contribution >= 4 is 15.9 Å². The van der Waals surface area contributed by atoms with E-state index in [1.807, 2.05) is 24.3 Å². The molecule has 2 rings (SSSR count). The van der Waals surface area contributed by atoms with Crippen LogP contribution in [0.2, 0.25) is 0 Å². The second-order valence-electron chi connectivity index (χ2n) is 3.58. The first-order chi connectivity index (χ1) is 7.65. The largest absolute Gasteiger partial charge is 0.370 e. The standard InChI is InChI=1S/C12H11BrFNO/c13-10-3-1-9(2-4-10)8-15-6-5-11(14)7-12(15)16/h1-7,12,16H,8H2. The summed E-state index contributed by atoms with van der Waals surface area (Å²) in [5.74, 6) is -0.403. The van der Waals surface area contributed by atoms with Gasteiger partial charge in [-0.15, -0.1) is 0 Å². The molecule has 1 unspecified atom stereocenters. The summed E-state index contributed by atoms with van der Waals surface area (Å²) >= 11 is 3.35. The second-order valence-corrected chi connectivity index (χ2v) is 4.50. The van der Waals surface area contributed by atoms with Gasteiger partial charge in [0, 0.05) is 23.3 Å². The van der Waals surface area contributed by atoms with Gasteiger partial charge < -0.3 is 10.0 Å². The van der Waals surface area contributed by atoms with Crippen molar-refractivity contribution in [1.29, 1.82) is 0 Å². The van der Waals surface area contributed by atoms with Crippen LogP contribution in [0.5, 0.6) is 0 Å². The fraction of sp³-hybridized carbons (Fsp3) is 0.167. The number of halogens is 2. The molecule has 1 aromatic carbocycles. The summed E-state index contributed by atoms with van der Waals surface area (Å²) < 4.78 is 13.8. The topological polar surface area (TPSA) is 23.5 Å². The first-order valence-corrected chi connectivity index (χ1v) is 5.68. The maximum atomic E-state index is 12.8. The van der Waals surface area contributed by atoms with E-state index in [0.29, 0.717) is 6.54 Å². The lowest BCUT2D eigenvalue weighted by Crippen LogP contribution is -2.30. The molecule has 1 N–H and O–H groups in total. The van der Waals surface area contributed by atoms with Crippen LogP contribution in [0.25, 0.3) is 0 Å². The molecule has 0 spiro atoms. The average Bonchev–Trinajstić information content (AvgIpc) is 2.25. The Bertz CT molecular complexity index is 427. The summed E-state index contributed by atoms with van der Waals surface area (Å²) in [6.45, 7) is 0.550. The van der Waals surface area contributed by atoms with Gasteiger partial charge in [-0.2, -0.15) is 0 Å².